The van der Waals surface area contributed by atoms with Crippen molar-refractivity contribution in [3.63, 3.8) is 0 Å². The minimum absolute atomic E-state index is 0.0496. The monoisotopic (exact) mass is 346 g/mol. The summed E-state index contributed by atoms with van der Waals surface area (Å²) in [5, 5.41) is 2.81. The maximum absolute atomic E-state index is 12.2. The largest absolute Gasteiger partial charge is 0.444 e. The van der Waals surface area contributed by atoms with E-state index in [-0.39, 0.29) is 6.04 Å². The Hall–Kier alpha value is -1.88. The van der Waals surface area contributed by atoms with Crippen LogP contribution in [0.2, 0.25) is 0 Å². The number of likely N-dealkylation sites (tertiary alicyclic amines) is 1. The van der Waals surface area contributed by atoms with Crippen LogP contribution in [0.3, 0.4) is 0 Å². The van der Waals surface area contributed by atoms with Crippen molar-refractivity contribution in [1.29, 1.82) is 0 Å². The van der Waals surface area contributed by atoms with E-state index in [1.165, 1.54) is 5.56 Å². The number of carbonyl (C=O) groups excluding carboxylic acids is 2. The van der Waals surface area contributed by atoms with Gasteiger partial charge in [0.25, 0.3) is 0 Å². The third-order valence-electron chi connectivity index (χ3n) is 4.55. The molecular weight excluding hydrogens is 316 g/mol. The summed E-state index contributed by atoms with van der Waals surface area (Å²) in [6, 6.07) is 10.2. The first-order valence-corrected chi connectivity index (χ1v) is 8.99. The predicted molar refractivity (Wildman–Crippen MR) is 98.3 cm³/mol. The van der Waals surface area contributed by atoms with Crippen LogP contribution in [0.5, 0.6) is 0 Å². The molecule has 0 saturated carbocycles. The number of ether oxygens (including phenoxy) is 1. The second-order valence-electron chi connectivity index (χ2n) is 8.00. The molecule has 2 atom stereocenters. The Morgan fingerprint density at radius 1 is 1.24 bits per heavy atom. The number of alkyl carbamates (subject to hydrolysis) is 1. The Kier molecular flexibility index (Phi) is 6.22. The van der Waals surface area contributed by atoms with Crippen molar-refractivity contribution in [3.8, 4) is 0 Å². The van der Waals surface area contributed by atoms with Crippen LogP contribution in [-0.2, 0) is 16.1 Å². The van der Waals surface area contributed by atoms with E-state index in [0.717, 1.165) is 38.6 Å². The number of nitrogens with zero attached hydrogens (tertiary/aromatic N) is 1. The number of amides is 1. The molecule has 1 aliphatic rings. The summed E-state index contributed by atoms with van der Waals surface area (Å²) < 4.78 is 5.35. The molecule has 0 bridgehead atoms. The molecule has 0 radical (unpaired) electrons. The lowest BCUT2D eigenvalue weighted by Crippen LogP contribution is -2.63. The van der Waals surface area contributed by atoms with Crippen LogP contribution in [0.4, 0.5) is 4.79 Å². The lowest BCUT2D eigenvalue weighted by atomic mass is 9.85. The van der Waals surface area contributed by atoms with Gasteiger partial charge in [0.05, 0.1) is 0 Å². The van der Waals surface area contributed by atoms with E-state index in [2.05, 4.69) is 22.3 Å². The number of rotatable bonds is 5. The van der Waals surface area contributed by atoms with Gasteiger partial charge in [-0.3, -0.25) is 4.90 Å². The van der Waals surface area contributed by atoms with Crippen molar-refractivity contribution in [2.75, 3.05) is 6.54 Å². The first kappa shape index (κ1) is 19.4. The molecule has 1 N–H and O–H groups in total. The van der Waals surface area contributed by atoms with E-state index >= 15 is 0 Å². The maximum atomic E-state index is 12.2. The Morgan fingerprint density at radius 3 is 2.52 bits per heavy atom. The number of aldehydes is 1. The molecule has 1 fully saturated rings. The van der Waals surface area contributed by atoms with Gasteiger partial charge in [0, 0.05) is 12.6 Å². The van der Waals surface area contributed by atoms with Crippen molar-refractivity contribution in [1.82, 2.24) is 10.2 Å². The average Bonchev–Trinajstić information content (AvgIpc) is 2.54. The highest BCUT2D eigenvalue weighted by Crippen LogP contribution is 2.27. The predicted octanol–water partition coefficient (Wildman–Crippen LogP) is 3.52. The average molecular weight is 346 g/mol. The van der Waals surface area contributed by atoms with Crippen molar-refractivity contribution >= 4 is 12.4 Å². The van der Waals surface area contributed by atoms with Crippen LogP contribution in [-0.4, -0.2) is 41.0 Å². The van der Waals surface area contributed by atoms with Gasteiger partial charge in [-0.1, -0.05) is 36.8 Å². The van der Waals surface area contributed by atoms with Gasteiger partial charge >= 0.3 is 6.09 Å². The molecule has 1 aromatic rings. The smallest absolute Gasteiger partial charge is 0.408 e. The van der Waals surface area contributed by atoms with Gasteiger partial charge in [-0.2, -0.15) is 0 Å². The first-order chi connectivity index (χ1) is 11.7. The summed E-state index contributed by atoms with van der Waals surface area (Å²) in [5.74, 6) is 0. The minimum Gasteiger partial charge on any atom is -0.444 e. The molecule has 25 heavy (non-hydrogen) atoms. The highest BCUT2D eigenvalue weighted by atomic mass is 16.6. The van der Waals surface area contributed by atoms with E-state index in [9.17, 15) is 9.59 Å². The van der Waals surface area contributed by atoms with Gasteiger partial charge in [0.1, 0.15) is 17.4 Å². The van der Waals surface area contributed by atoms with Crippen LogP contribution in [0.25, 0.3) is 0 Å². The number of nitrogens with one attached hydrogen (secondary N) is 1. The molecule has 1 heterocycles. The number of hydrogen-bond acceptors (Lipinski definition) is 4. The van der Waals surface area contributed by atoms with Crippen LogP contribution < -0.4 is 5.32 Å². The second kappa shape index (κ2) is 8.00. The normalized spacial score (nSPS) is 21.2. The molecule has 0 spiro atoms. The molecule has 1 amide bonds. The second-order valence-corrected chi connectivity index (χ2v) is 8.00. The molecule has 0 aromatic heterocycles. The van der Waals surface area contributed by atoms with Gasteiger partial charge in [-0.25, -0.2) is 4.79 Å². The number of hydrogen-bond donors (Lipinski definition) is 1. The van der Waals surface area contributed by atoms with Gasteiger partial charge < -0.3 is 14.8 Å². The Labute approximate surface area is 150 Å². The zero-order chi connectivity index (χ0) is 18.5. The third-order valence-corrected chi connectivity index (χ3v) is 4.55. The summed E-state index contributed by atoms with van der Waals surface area (Å²) >= 11 is 0. The first-order valence-electron chi connectivity index (χ1n) is 8.99. The van der Waals surface area contributed by atoms with Crippen LogP contribution in [0.1, 0.15) is 52.5 Å². The topological polar surface area (TPSA) is 58.6 Å². The van der Waals surface area contributed by atoms with Gasteiger partial charge in [-0.05, 0) is 52.6 Å². The standard InChI is InChI=1S/C20H30N2O3/c1-19(2,3)25-18(24)21-20(4,15-23)17-12-8-9-13-22(17)14-16-10-6-5-7-11-16/h5-7,10-11,15,17H,8-9,12-14H2,1-4H3,(H,21,24). The van der Waals surface area contributed by atoms with Crippen molar-refractivity contribution in [3.05, 3.63) is 35.9 Å². The van der Waals surface area contributed by atoms with Crippen molar-refractivity contribution in [2.24, 2.45) is 0 Å². The van der Waals surface area contributed by atoms with E-state index in [1.54, 1.807) is 6.92 Å². The molecule has 2 unspecified atom stereocenters. The highest BCUT2D eigenvalue weighted by molar-refractivity contribution is 5.77. The minimum atomic E-state index is -0.975. The van der Waals surface area contributed by atoms with Crippen LogP contribution in [0.15, 0.2) is 30.3 Å². The fourth-order valence-electron chi connectivity index (χ4n) is 3.39. The van der Waals surface area contributed by atoms with Gasteiger partial charge in [0.2, 0.25) is 0 Å². The molecular formula is C20H30N2O3. The van der Waals surface area contributed by atoms with Crippen molar-refractivity contribution in [2.45, 2.75) is 70.7 Å². The quantitative estimate of drug-likeness (QED) is 0.829. The maximum Gasteiger partial charge on any atom is 0.408 e. The van der Waals surface area contributed by atoms with E-state index in [0.29, 0.717) is 0 Å². The fourth-order valence-corrected chi connectivity index (χ4v) is 3.39. The third kappa shape index (κ3) is 5.56. The number of piperidine rings is 1. The molecule has 138 valence electrons. The van der Waals surface area contributed by atoms with E-state index < -0.39 is 17.2 Å². The number of benzene rings is 1. The molecule has 2 rings (SSSR count). The summed E-state index contributed by atoms with van der Waals surface area (Å²) in [7, 11) is 0. The Bertz CT molecular complexity index is 582. The summed E-state index contributed by atoms with van der Waals surface area (Å²) in [6.45, 7) is 8.91. The lowest BCUT2D eigenvalue weighted by molar-refractivity contribution is -0.116. The Morgan fingerprint density at radius 2 is 1.92 bits per heavy atom. The van der Waals surface area contributed by atoms with Crippen LogP contribution in [0, 0.1) is 0 Å². The number of carbonyl (C=O) groups is 2. The summed E-state index contributed by atoms with van der Waals surface area (Å²) in [5.41, 5.74) is -0.359. The SMILES string of the molecule is CC(C)(C)OC(=O)NC(C)(C=O)C1CCCCN1Cc1ccccc1. The Balaban J connectivity index is 2.14. The van der Waals surface area contributed by atoms with Crippen molar-refractivity contribution < 1.29 is 14.3 Å². The zero-order valence-electron chi connectivity index (χ0n) is 15.7. The van der Waals surface area contributed by atoms with Crippen LogP contribution >= 0.6 is 0 Å². The highest BCUT2D eigenvalue weighted by Gasteiger charge is 2.41. The lowest BCUT2D eigenvalue weighted by Gasteiger charge is -2.44. The van der Waals surface area contributed by atoms with E-state index in [4.69, 9.17) is 4.74 Å². The zero-order valence-corrected chi connectivity index (χ0v) is 15.7. The van der Waals surface area contributed by atoms with E-state index in [1.807, 2.05) is 39.0 Å². The summed E-state index contributed by atoms with van der Waals surface area (Å²) in [6.07, 6.45) is 3.33. The molecule has 0 aliphatic carbocycles. The molecule has 5 heteroatoms. The van der Waals surface area contributed by atoms with Gasteiger partial charge in [0.15, 0.2) is 0 Å². The molecule has 1 aromatic carbocycles. The molecule has 1 aliphatic heterocycles. The molecule has 1 saturated heterocycles. The van der Waals surface area contributed by atoms with Gasteiger partial charge in [-0.15, -0.1) is 0 Å². The fraction of sp³-hybridized carbons (Fsp3) is 0.600. The summed E-state index contributed by atoms with van der Waals surface area (Å²) in [4.78, 5) is 26.5. The molecule has 5 nitrogen and oxygen atoms in total.